The third-order valence-corrected chi connectivity index (χ3v) is 2.87. The molecule has 4 N–H and O–H groups in total. The van der Waals surface area contributed by atoms with Gasteiger partial charge in [0.05, 0.1) is 5.69 Å². The Bertz CT molecular complexity index is 528. The highest BCUT2D eigenvalue weighted by Gasteiger charge is 2.37. The van der Waals surface area contributed by atoms with E-state index in [-0.39, 0.29) is 5.71 Å². The van der Waals surface area contributed by atoms with Crippen LogP contribution in [0.5, 0.6) is 0 Å². The second kappa shape index (κ2) is 4.77. The van der Waals surface area contributed by atoms with Crippen LogP contribution < -0.4 is 10.7 Å². The van der Waals surface area contributed by atoms with Crippen LogP contribution in [0, 0.1) is 0 Å². The van der Waals surface area contributed by atoms with Gasteiger partial charge in [0, 0.05) is 16.9 Å². The maximum Gasteiger partial charge on any atom is 0.354 e. The molecule has 1 unspecified atom stereocenters. The summed E-state index contributed by atoms with van der Waals surface area (Å²) in [5.41, 5.74) is 5.47. The van der Waals surface area contributed by atoms with Crippen LogP contribution in [0.4, 0.5) is 5.69 Å². The minimum atomic E-state index is -1.32. The number of carbonyl (C=O) groups is 2. The van der Waals surface area contributed by atoms with E-state index in [9.17, 15) is 9.59 Å². The SMILES string of the molecule is NC1C(=O)N(c2ccc(SO)cc2)N=C1C(=O)O. The quantitative estimate of drug-likeness (QED) is 0.681. The zero-order chi connectivity index (χ0) is 13.3. The summed E-state index contributed by atoms with van der Waals surface area (Å²) in [6.45, 7) is 0. The molecular weight excluding hydrogens is 258 g/mol. The van der Waals surface area contributed by atoms with E-state index in [0.29, 0.717) is 22.6 Å². The third kappa shape index (κ3) is 2.08. The highest BCUT2D eigenvalue weighted by molar-refractivity contribution is 7.93. The Morgan fingerprint density at radius 1 is 1.39 bits per heavy atom. The molecule has 1 aromatic carbocycles. The number of aliphatic carboxylic acids is 1. The number of nitrogens with two attached hydrogens (primary N) is 1. The molecule has 0 spiro atoms. The lowest BCUT2D eigenvalue weighted by Crippen LogP contribution is -2.41. The number of benzene rings is 1. The van der Waals surface area contributed by atoms with Crippen molar-refractivity contribution in [2.24, 2.45) is 10.8 Å². The van der Waals surface area contributed by atoms with Gasteiger partial charge in [-0.3, -0.25) is 4.79 Å². The minimum absolute atomic E-state index is 0.388. The van der Waals surface area contributed by atoms with Crippen molar-refractivity contribution in [3.63, 3.8) is 0 Å². The standard InChI is InChI=1S/C10H9N3O4S/c11-7-8(10(15)16)12-13(9(7)14)5-1-3-6(18-17)4-2-5/h1-4,7,17H,11H2,(H,15,16). The van der Waals surface area contributed by atoms with E-state index in [2.05, 4.69) is 5.10 Å². The van der Waals surface area contributed by atoms with E-state index >= 15 is 0 Å². The first-order chi connectivity index (χ1) is 8.54. The third-order valence-electron chi connectivity index (χ3n) is 2.38. The molecule has 2 rings (SSSR count). The van der Waals surface area contributed by atoms with Crippen molar-refractivity contribution in [3.8, 4) is 0 Å². The van der Waals surface area contributed by atoms with Crippen LogP contribution in [0.3, 0.4) is 0 Å². The molecule has 1 aliphatic heterocycles. The van der Waals surface area contributed by atoms with Crippen molar-refractivity contribution in [3.05, 3.63) is 24.3 Å². The van der Waals surface area contributed by atoms with Crippen molar-refractivity contribution in [1.82, 2.24) is 0 Å². The lowest BCUT2D eigenvalue weighted by atomic mass is 10.2. The van der Waals surface area contributed by atoms with E-state index in [1.807, 2.05) is 0 Å². The molecular formula is C10H9N3O4S. The van der Waals surface area contributed by atoms with Crippen molar-refractivity contribution < 1.29 is 19.2 Å². The lowest BCUT2D eigenvalue weighted by molar-refractivity contribution is -0.130. The summed E-state index contributed by atoms with van der Waals surface area (Å²) < 4.78 is 8.81. The molecule has 0 saturated carbocycles. The van der Waals surface area contributed by atoms with Gasteiger partial charge in [0.25, 0.3) is 5.91 Å². The van der Waals surface area contributed by atoms with Gasteiger partial charge in [-0.15, -0.1) is 0 Å². The Balaban J connectivity index is 2.33. The molecule has 0 saturated heterocycles. The number of amides is 1. The number of nitrogens with zero attached hydrogens (tertiary/aromatic N) is 2. The molecule has 1 atom stereocenters. The van der Waals surface area contributed by atoms with Gasteiger partial charge >= 0.3 is 5.97 Å². The summed E-state index contributed by atoms with van der Waals surface area (Å²) in [6, 6.07) is 4.98. The molecule has 8 heteroatoms. The van der Waals surface area contributed by atoms with Crippen LogP contribution in [-0.4, -0.2) is 33.3 Å². The van der Waals surface area contributed by atoms with Gasteiger partial charge in [0.1, 0.15) is 6.04 Å². The lowest BCUT2D eigenvalue weighted by Gasteiger charge is -2.12. The largest absolute Gasteiger partial charge is 0.477 e. The van der Waals surface area contributed by atoms with Gasteiger partial charge < -0.3 is 15.4 Å². The van der Waals surface area contributed by atoms with Gasteiger partial charge in [0.15, 0.2) is 5.71 Å². The average molecular weight is 267 g/mol. The zero-order valence-corrected chi connectivity index (χ0v) is 9.79. The Kier molecular flexibility index (Phi) is 3.32. The Labute approximate surface area is 106 Å². The molecule has 0 radical (unpaired) electrons. The minimum Gasteiger partial charge on any atom is -0.477 e. The predicted octanol–water partition coefficient (Wildman–Crippen LogP) is 0.366. The maximum atomic E-state index is 11.7. The van der Waals surface area contributed by atoms with E-state index in [1.54, 1.807) is 12.1 Å². The molecule has 7 nitrogen and oxygen atoms in total. The fourth-order valence-corrected chi connectivity index (χ4v) is 1.73. The number of carbonyl (C=O) groups excluding carboxylic acids is 1. The molecule has 0 fully saturated rings. The Hall–Kier alpha value is -1.90. The molecule has 1 heterocycles. The summed E-state index contributed by atoms with van der Waals surface area (Å²) in [5.74, 6) is -1.92. The van der Waals surface area contributed by atoms with Crippen LogP contribution in [0.25, 0.3) is 0 Å². The van der Waals surface area contributed by atoms with E-state index in [0.717, 1.165) is 5.01 Å². The van der Waals surface area contributed by atoms with Crippen LogP contribution in [0.15, 0.2) is 34.3 Å². The number of hydrogen-bond acceptors (Lipinski definition) is 6. The summed E-state index contributed by atoms with van der Waals surface area (Å²) in [4.78, 5) is 23.1. The molecule has 18 heavy (non-hydrogen) atoms. The number of anilines is 1. The number of carboxylic acids is 1. The first-order valence-electron chi connectivity index (χ1n) is 4.87. The summed E-state index contributed by atoms with van der Waals surface area (Å²) >= 11 is 0.569. The monoisotopic (exact) mass is 267 g/mol. The highest BCUT2D eigenvalue weighted by Crippen LogP contribution is 2.23. The number of carboxylic acid groups (broad SMARTS) is 1. The highest BCUT2D eigenvalue weighted by atomic mass is 32.2. The van der Waals surface area contributed by atoms with Crippen LogP contribution in [0.1, 0.15) is 0 Å². The van der Waals surface area contributed by atoms with Gasteiger partial charge in [-0.05, 0) is 24.3 Å². The number of hydrogen-bond donors (Lipinski definition) is 3. The van der Waals surface area contributed by atoms with Gasteiger partial charge in [0.2, 0.25) is 0 Å². The van der Waals surface area contributed by atoms with Crippen LogP contribution in [-0.2, 0) is 9.59 Å². The first-order valence-corrected chi connectivity index (χ1v) is 5.64. The normalized spacial score (nSPS) is 19.0. The second-order valence-electron chi connectivity index (χ2n) is 3.50. The molecule has 0 aromatic heterocycles. The van der Waals surface area contributed by atoms with Crippen molar-refractivity contribution in [2.75, 3.05) is 5.01 Å². The van der Waals surface area contributed by atoms with E-state index in [1.165, 1.54) is 12.1 Å². The smallest absolute Gasteiger partial charge is 0.354 e. The second-order valence-corrected chi connectivity index (χ2v) is 4.16. The molecule has 0 aliphatic carbocycles. The molecule has 1 aliphatic rings. The van der Waals surface area contributed by atoms with E-state index in [4.69, 9.17) is 15.4 Å². The molecule has 0 bridgehead atoms. The Morgan fingerprint density at radius 2 is 2.00 bits per heavy atom. The van der Waals surface area contributed by atoms with Crippen LogP contribution >= 0.6 is 12.0 Å². The van der Waals surface area contributed by atoms with Gasteiger partial charge in [-0.25, -0.2) is 4.79 Å². The van der Waals surface area contributed by atoms with Gasteiger partial charge in [-0.1, -0.05) is 0 Å². The topological polar surface area (TPSA) is 116 Å². The summed E-state index contributed by atoms with van der Waals surface area (Å²) in [6.07, 6.45) is 0. The van der Waals surface area contributed by atoms with Crippen molar-refractivity contribution in [2.45, 2.75) is 10.9 Å². The number of hydrazone groups is 1. The maximum absolute atomic E-state index is 11.7. The Morgan fingerprint density at radius 3 is 2.44 bits per heavy atom. The fraction of sp³-hybridized carbons (Fsp3) is 0.100. The molecule has 1 aromatic rings. The number of rotatable bonds is 3. The first kappa shape index (κ1) is 12.6. The summed E-state index contributed by atoms with van der Waals surface area (Å²) in [5, 5.41) is 13.4. The van der Waals surface area contributed by atoms with Crippen LogP contribution in [0.2, 0.25) is 0 Å². The fourth-order valence-electron chi connectivity index (χ4n) is 1.48. The van der Waals surface area contributed by atoms with Crippen molar-refractivity contribution >= 4 is 35.3 Å². The van der Waals surface area contributed by atoms with Gasteiger partial charge in [-0.2, -0.15) is 10.1 Å². The van der Waals surface area contributed by atoms with E-state index < -0.39 is 17.9 Å². The summed E-state index contributed by atoms with van der Waals surface area (Å²) in [7, 11) is 0. The predicted molar refractivity (Wildman–Crippen MR) is 65.5 cm³/mol. The average Bonchev–Trinajstić information content (AvgIpc) is 2.67. The molecule has 94 valence electrons. The van der Waals surface area contributed by atoms with Crippen molar-refractivity contribution in [1.29, 1.82) is 0 Å². The molecule has 1 amide bonds. The zero-order valence-electron chi connectivity index (χ0n) is 8.98.